The van der Waals surface area contributed by atoms with E-state index in [2.05, 4.69) is 116 Å². The number of aromatic nitrogens is 3. The standard InChI is InChI=1S/C37H27N3S/c1-2-36-38-34-23-31(21-22-35(34)41-36)27-13-17-29(18-14-27)33-24-32(28-11-7-4-8-12-28)39-37(40-33)30-19-15-26(16-20-30)25-9-5-3-6-10-25/h3-24H,2H2,1H3. The third kappa shape index (κ3) is 5.18. The summed E-state index contributed by atoms with van der Waals surface area (Å²) in [5.41, 5.74) is 10.7. The van der Waals surface area contributed by atoms with Crippen molar-refractivity contribution in [2.24, 2.45) is 0 Å². The molecule has 0 fully saturated rings. The van der Waals surface area contributed by atoms with Gasteiger partial charge in [-0.1, -0.05) is 122 Å². The first-order valence-corrected chi connectivity index (χ1v) is 14.7. The highest BCUT2D eigenvalue weighted by Crippen LogP contribution is 2.32. The van der Waals surface area contributed by atoms with Gasteiger partial charge in [0.25, 0.3) is 0 Å². The van der Waals surface area contributed by atoms with Crippen LogP contribution in [0.15, 0.2) is 133 Å². The molecule has 0 N–H and O–H groups in total. The first-order valence-electron chi connectivity index (χ1n) is 13.8. The molecule has 0 aliphatic heterocycles. The van der Waals surface area contributed by atoms with Crippen LogP contribution < -0.4 is 0 Å². The highest BCUT2D eigenvalue weighted by Gasteiger charge is 2.12. The van der Waals surface area contributed by atoms with Gasteiger partial charge in [0.1, 0.15) is 0 Å². The fourth-order valence-corrected chi connectivity index (χ4v) is 5.95. The quantitative estimate of drug-likeness (QED) is 0.209. The van der Waals surface area contributed by atoms with Crippen molar-refractivity contribution in [1.29, 1.82) is 0 Å². The van der Waals surface area contributed by atoms with Gasteiger partial charge < -0.3 is 0 Å². The minimum absolute atomic E-state index is 0.714. The van der Waals surface area contributed by atoms with Crippen LogP contribution in [0.25, 0.3) is 66.4 Å². The molecule has 0 saturated carbocycles. The predicted octanol–water partition coefficient (Wildman–Crippen LogP) is 9.98. The zero-order chi connectivity index (χ0) is 27.6. The summed E-state index contributed by atoms with van der Waals surface area (Å²) in [6.07, 6.45) is 0.965. The van der Waals surface area contributed by atoms with Crippen LogP contribution in [-0.4, -0.2) is 15.0 Å². The Bertz CT molecular complexity index is 1940. The van der Waals surface area contributed by atoms with E-state index < -0.39 is 0 Å². The smallest absolute Gasteiger partial charge is 0.160 e. The topological polar surface area (TPSA) is 38.7 Å². The van der Waals surface area contributed by atoms with Gasteiger partial charge in [0, 0.05) is 16.7 Å². The summed E-state index contributed by atoms with van der Waals surface area (Å²) in [6, 6.07) is 46.5. The average Bonchev–Trinajstić information content (AvgIpc) is 3.48. The summed E-state index contributed by atoms with van der Waals surface area (Å²) in [6.45, 7) is 2.15. The molecule has 3 nitrogen and oxygen atoms in total. The maximum absolute atomic E-state index is 5.04. The molecule has 4 heteroatoms. The molecular weight excluding hydrogens is 518 g/mol. The molecule has 0 unspecified atom stereocenters. The van der Waals surface area contributed by atoms with Crippen molar-refractivity contribution in [3.05, 3.63) is 138 Å². The average molecular weight is 546 g/mol. The van der Waals surface area contributed by atoms with Crippen LogP contribution >= 0.6 is 11.3 Å². The molecule has 7 aromatic rings. The van der Waals surface area contributed by atoms with Crippen LogP contribution in [0.3, 0.4) is 0 Å². The van der Waals surface area contributed by atoms with Gasteiger partial charge in [-0.25, -0.2) is 15.0 Å². The molecular formula is C37H27N3S. The molecule has 0 aliphatic rings. The monoisotopic (exact) mass is 545 g/mol. The summed E-state index contributed by atoms with van der Waals surface area (Å²) in [5.74, 6) is 0.714. The highest BCUT2D eigenvalue weighted by molar-refractivity contribution is 7.18. The molecule has 196 valence electrons. The van der Waals surface area contributed by atoms with Crippen LogP contribution in [0.4, 0.5) is 0 Å². The van der Waals surface area contributed by atoms with E-state index >= 15 is 0 Å². The maximum Gasteiger partial charge on any atom is 0.160 e. The number of nitrogens with zero attached hydrogens (tertiary/aromatic N) is 3. The zero-order valence-electron chi connectivity index (χ0n) is 22.7. The van der Waals surface area contributed by atoms with Crippen LogP contribution in [0, 0.1) is 0 Å². The van der Waals surface area contributed by atoms with Gasteiger partial charge in [0.15, 0.2) is 5.82 Å². The normalized spacial score (nSPS) is 11.1. The largest absolute Gasteiger partial charge is 0.241 e. The number of hydrogen-bond donors (Lipinski definition) is 0. The Balaban J connectivity index is 1.26. The van der Waals surface area contributed by atoms with E-state index in [1.165, 1.54) is 26.4 Å². The Kier molecular flexibility index (Phi) is 6.67. The van der Waals surface area contributed by atoms with E-state index in [9.17, 15) is 0 Å². The van der Waals surface area contributed by atoms with Crippen molar-refractivity contribution in [3.63, 3.8) is 0 Å². The van der Waals surface area contributed by atoms with Gasteiger partial charge in [-0.15, -0.1) is 11.3 Å². The number of aryl methyl sites for hydroxylation is 1. The number of benzene rings is 5. The highest BCUT2D eigenvalue weighted by atomic mass is 32.1. The Labute approximate surface area is 243 Å². The van der Waals surface area contributed by atoms with Gasteiger partial charge in [-0.3, -0.25) is 0 Å². The fourth-order valence-electron chi connectivity index (χ4n) is 5.06. The molecule has 0 atom stereocenters. The second-order valence-electron chi connectivity index (χ2n) is 9.99. The van der Waals surface area contributed by atoms with E-state index in [4.69, 9.17) is 15.0 Å². The molecule has 0 saturated heterocycles. The first-order chi connectivity index (χ1) is 20.2. The fraction of sp³-hybridized carbons (Fsp3) is 0.0541. The second-order valence-corrected chi connectivity index (χ2v) is 11.1. The SMILES string of the molecule is CCc1nc2cc(-c3ccc(-c4cc(-c5ccccc5)nc(-c5ccc(-c6ccccc6)cc5)n4)cc3)ccc2s1. The summed E-state index contributed by atoms with van der Waals surface area (Å²) in [7, 11) is 0. The van der Waals surface area contributed by atoms with E-state index in [1.54, 1.807) is 11.3 Å². The van der Waals surface area contributed by atoms with Crippen molar-refractivity contribution < 1.29 is 0 Å². The summed E-state index contributed by atoms with van der Waals surface area (Å²) in [5, 5.41) is 1.18. The van der Waals surface area contributed by atoms with Crippen LogP contribution in [0.5, 0.6) is 0 Å². The minimum Gasteiger partial charge on any atom is -0.241 e. The third-order valence-corrected chi connectivity index (χ3v) is 8.47. The molecule has 0 amide bonds. The second kappa shape index (κ2) is 10.9. The van der Waals surface area contributed by atoms with Crippen molar-refractivity contribution in [3.8, 4) is 56.2 Å². The maximum atomic E-state index is 5.04. The molecule has 0 bridgehead atoms. The van der Waals surface area contributed by atoms with E-state index in [0.717, 1.165) is 45.6 Å². The molecule has 2 aromatic heterocycles. The van der Waals surface area contributed by atoms with Gasteiger partial charge >= 0.3 is 0 Å². The molecule has 0 aliphatic carbocycles. The number of hydrogen-bond acceptors (Lipinski definition) is 4. The summed E-state index contributed by atoms with van der Waals surface area (Å²) >= 11 is 1.77. The molecule has 41 heavy (non-hydrogen) atoms. The summed E-state index contributed by atoms with van der Waals surface area (Å²) in [4.78, 5) is 14.8. The van der Waals surface area contributed by atoms with Gasteiger partial charge in [-0.2, -0.15) is 0 Å². The molecule has 0 radical (unpaired) electrons. The van der Waals surface area contributed by atoms with Crippen LogP contribution in [-0.2, 0) is 6.42 Å². The Hall–Kier alpha value is -4.93. The molecule has 0 spiro atoms. The number of fused-ring (bicyclic) bond motifs is 1. The van der Waals surface area contributed by atoms with Crippen molar-refractivity contribution in [1.82, 2.24) is 15.0 Å². The lowest BCUT2D eigenvalue weighted by Gasteiger charge is -2.11. The van der Waals surface area contributed by atoms with E-state index in [0.29, 0.717) is 5.82 Å². The Morgan fingerprint density at radius 2 is 0.951 bits per heavy atom. The van der Waals surface area contributed by atoms with Crippen molar-refractivity contribution in [2.45, 2.75) is 13.3 Å². The lowest BCUT2D eigenvalue weighted by molar-refractivity contribution is 1.11. The van der Waals surface area contributed by atoms with Gasteiger partial charge in [-0.05, 0) is 46.9 Å². The molecule has 2 heterocycles. The minimum atomic E-state index is 0.714. The predicted molar refractivity (Wildman–Crippen MR) is 172 cm³/mol. The molecule has 7 rings (SSSR count). The first kappa shape index (κ1) is 25.1. The Morgan fingerprint density at radius 3 is 1.59 bits per heavy atom. The third-order valence-electron chi connectivity index (χ3n) is 7.29. The van der Waals surface area contributed by atoms with Crippen LogP contribution in [0.2, 0.25) is 0 Å². The number of rotatable bonds is 6. The number of thiazole rings is 1. The zero-order valence-corrected chi connectivity index (χ0v) is 23.5. The Morgan fingerprint density at radius 1 is 0.463 bits per heavy atom. The van der Waals surface area contributed by atoms with Crippen molar-refractivity contribution in [2.75, 3.05) is 0 Å². The van der Waals surface area contributed by atoms with Gasteiger partial charge in [0.2, 0.25) is 0 Å². The lowest BCUT2D eigenvalue weighted by Crippen LogP contribution is -1.96. The van der Waals surface area contributed by atoms with Crippen LogP contribution in [0.1, 0.15) is 11.9 Å². The van der Waals surface area contributed by atoms with E-state index in [1.807, 2.05) is 24.3 Å². The van der Waals surface area contributed by atoms with Crippen molar-refractivity contribution >= 4 is 21.6 Å². The van der Waals surface area contributed by atoms with E-state index in [-0.39, 0.29) is 0 Å². The van der Waals surface area contributed by atoms with Gasteiger partial charge in [0.05, 0.1) is 26.6 Å². The summed E-state index contributed by atoms with van der Waals surface area (Å²) < 4.78 is 1.24. The molecule has 5 aromatic carbocycles. The lowest BCUT2D eigenvalue weighted by atomic mass is 10.0.